The fraction of sp³-hybridized carbons (Fsp3) is 0. The van der Waals surface area contributed by atoms with Gasteiger partial charge in [-0.3, -0.25) is 10.0 Å². The van der Waals surface area contributed by atoms with Gasteiger partial charge in [0.25, 0.3) is 0 Å². The molecular formula is C13H10Cl2N2O4S. The summed E-state index contributed by atoms with van der Waals surface area (Å²) in [5.74, 6) is -0.0663. The highest BCUT2D eigenvalue weighted by atomic mass is 35.5. The number of benzene rings is 2. The summed E-state index contributed by atoms with van der Waals surface area (Å²) in [6, 6.07) is 11.2. The zero-order chi connectivity index (χ0) is 16.1. The summed E-state index contributed by atoms with van der Waals surface area (Å²) >= 11 is 11.9. The molecule has 0 aromatic heterocycles. The van der Waals surface area contributed by atoms with Crippen LogP contribution in [0.25, 0.3) is 0 Å². The molecule has 0 saturated carbocycles. The first kappa shape index (κ1) is 16.4. The van der Waals surface area contributed by atoms with E-state index in [9.17, 15) is 13.2 Å². The van der Waals surface area contributed by atoms with Crippen LogP contribution in [0.2, 0.25) is 10.0 Å². The number of carbonyl (C=O) groups excluding carboxylic acids is 1. The van der Waals surface area contributed by atoms with Crippen LogP contribution in [0.1, 0.15) is 0 Å². The molecule has 2 rings (SSSR count). The molecule has 0 aliphatic rings. The lowest BCUT2D eigenvalue weighted by atomic mass is 10.3. The number of carbonyl (C=O) groups is 1. The minimum absolute atomic E-state index is 0.00457. The van der Waals surface area contributed by atoms with Crippen molar-refractivity contribution in [3.05, 3.63) is 52.5 Å². The van der Waals surface area contributed by atoms with Crippen LogP contribution in [0.15, 0.2) is 42.5 Å². The Bertz CT molecular complexity index is 735. The summed E-state index contributed by atoms with van der Waals surface area (Å²) in [6.45, 7) is 0. The quantitative estimate of drug-likeness (QED) is 0.728. The lowest BCUT2D eigenvalue weighted by Crippen LogP contribution is -2.17. The maximum absolute atomic E-state index is 11.8. The molecular weight excluding hydrogens is 351 g/mol. The van der Waals surface area contributed by atoms with Crippen LogP contribution in [0.3, 0.4) is 0 Å². The Morgan fingerprint density at radius 3 is 2.14 bits per heavy atom. The van der Waals surface area contributed by atoms with Gasteiger partial charge in [-0.25, -0.2) is 13.2 Å². The Morgan fingerprint density at radius 1 is 1.00 bits per heavy atom. The van der Waals surface area contributed by atoms with Crippen molar-refractivity contribution in [2.75, 3.05) is 10.0 Å². The normalized spacial score (nSPS) is 10.3. The van der Waals surface area contributed by atoms with Crippen molar-refractivity contribution in [3.63, 3.8) is 0 Å². The molecule has 0 aliphatic carbocycles. The number of amides is 1. The molecule has 2 N–H and O–H groups in total. The van der Waals surface area contributed by atoms with Gasteiger partial charge in [0.15, 0.2) is 5.75 Å². The topological polar surface area (TPSA) is 84.5 Å². The van der Waals surface area contributed by atoms with Crippen molar-refractivity contribution in [1.29, 1.82) is 0 Å². The maximum Gasteiger partial charge on any atom is 0.417 e. The lowest BCUT2D eigenvalue weighted by molar-refractivity contribution is 0.215. The lowest BCUT2D eigenvalue weighted by Gasteiger charge is -2.11. The number of hydrogen-bond donors (Lipinski definition) is 3. The second kappa shape index (κ2) is 7.35. The van der Waals surface area contributed by atoms with E-state index in [1.165, 1.54) is 12.1 Å². The van der Waals surface area contributed by atoms with Crippen molar-refractivity contribution in [2.45, 2.75) is 0 Å². The summed E-state index contributed by atoms with van der Waals surface area (Å²) in [7, 11) is -2.85. The van der Waals surface area contributed by atoms with Crippen molar-refractivity contribution in [3.8, 4) is 5.75 Å². The molecule has 0 heterocycles. The van der Waals surface area contributed by atoms with Gasteiger partial charge in [0.2, 0.25) is 10.9 Å². The van der Waals surface area contributed by atoms with E-state index < -0.39 is 17.0 Å². The number of anilines is 2. The van der Waals surface area contributed by atoms with Gasteiger partial charge in [0, 0.05) is 5.69 Å². The molecule has 0 saturated heterocycles. The second-order valence-electron chi connectivity index (χ2n) is 4.02. The van der Waals surface area contributed by atoms with Crippen LogP contribution in [-0.2, 0) is 10.9 Å². The van der Waals surface area contributed by atoms with Gasteiger partial charge in [0.1, 0.15) is 0 Å². The molecule has 6 nitrogen and oxygen atoms in total. The van der Waals surface area contributed by atoms with Crippen LogP contribution < -0.4 is 14.8 Å². The average Bonchev–Trinajstić information content (AvgIpc) is 2.43. The van der Waals surface area contributed by atoms with E-state index in [-0.39, 0.29) is 21.5 Å². The monoisotopic (exact) mass is 360 g/mol. The van der Waals surface area contributed by atoms with Gasteiger partial charge in [-0.1, -0.05) is 41.4 Å². The molecule has 0 aliphatic heterocycles. The molecule has 0 atom stereocenters. The number of thiol groups is 1. The highest BCUT2D eigenvalue weighted by molar-refractivity contribution is 7.73. The number of para-hydroxylation sites is 1. The summed E-state index contributed by atoms with van der Waals surface area (Å²) < 4.78 is 28.4. The molecule has 0 unspecified atom stereocenters. The molecule has 2 aromatic rings. The first-order valence-corrected chi connectivity index (χ1v) is 7.83. The summed E-state index contributed by atoms with van der Waals surface area (Å²) in [5, 5.41) is 2.49. The molecule has 22 heavy (non-hydrogen) atoms. The smallest absolute Gasteiger partial charge is 0.407 e. The Morgan fingerprint density at radius 2 is 1.59 bits per heavy atom. The first-order valence-electron chi connectivity index (χ1n) is 5.89. The number of hydrogen-bond acceptors (Lipinski definition) is 4. The molecule has 1 amide bonds. The third-order valence-electron chi connectivity index (χ3n) is 2.43. The Kier molecular flexibility index (Phi) is 5.48. The number of nitrogens with one attached hydrogen (secondary N) is 2. The highest BCUT2D eigenvalue weighted by Crippen LogP contribution is 2.36. The Balaban J connectivity index is 2.14. The van der Waals surface area contributed by atoms with Crippen LogP contribution in [0, 0.1) is 0 Å². The minimum Gasteiger partial charge on any atom is -0.407 e. The van der Waals surface area contributed by atoms with Gasteiger partial charge in [-0.2, -0.15) is 0 Å². The predicted molar refractivity (Wildman–Crippen MR) is 86.5 cm³/mol. The molecule has 0 spiro atoms. The van der Waals surface area contributed by atoms with Crippen LogP contribution in [0.4, 0.5) is 16.2 Å². The van der Waals surface area contributed by atoms with E-state index in [2.05, 4.69) is 10.0 Å². The largest absolute Gasteiger partial charge is 0.417 e. The summed E-state index contributed by atoms with van der Waals surface area (Å²) in [5.41, 5.74) is 0.711. The van der Waals surface area contributed by atoms with Gasteiger partial charge in [-0.15, -0.1) is 0 Å². The molecule has 116 valence electrons. The van der Waals surface area contributed by atoms with Crippen molar-refractivity contribution >= 4 is 51.6 Å². The molecule has 0 fully saturated rings. The maximum atomic E-state index is 11.8. The second-order valence-corrected chi connectivity index (χ2v) is 5.57. The van der Waals surface area contributed by atoms with Crippen molar-refractivity contribution in [2.24, 2.45) is 0 Å². The van der Waals surface area contributed by atoms with Crippen molar-refractivity contribution in [1.82, 2.24) is 0 Å². The Labute approximate surface area is 138 Å². The van der Waals surface area contributed by atoms with E-state index in [4.69, 9.17) is 27.9 Å². The fourth-order valence-corrected chi connectivity index (χ4v) is 2.49. The zero-order valence-electron chi connectivity index (χ0n) is 10.9. The summed E-state index contributed by atoms with van der Waals surface area (Å²) in [6.07, 6.45) is -0.773. The number of ether oxygens (including phenoxy) is 1. The zero-order valence-corrected chi connectivity index (χ0v) is 13.3. The van der Waals surface area contributed by atoms with Crippen LogP contribution >= 0.6 is 23.2 Å². The molecule has 0 bridgehead atoms. The SMILES string of the molecule is O=C(Nc1ccccc1)Oc1c(Cl)cc(N[SH](=O)=O)cc1Cl. The fourth-order valence-electron chi connectivity index (χ4n) is 1.58. The van der Waals surface area contributed by atoms with Crippen molar-refractivity contribution < 1.29 is 17.9 Å². The molecule has 2 aromatic carbocycles. The Hall–Kier alpha value is -1.96. The third kappa shape index (κ3) is 4.52. The highest BCUT2D eigenvalue weighted by Gasteiger charge is 2.14. The molecule has 9 heteroatoms. The van der Waals surface area contributed by atoms with E-state index in [1.54, 1.807) is 30.3 Å². The van der Waals surface area contributed by atoms with Gasteiger partial charge in [-0.05, 0) is 24.3 Å². The standard InChI is InChI=1S/C13H10Cl2N2O4S/c14-10-6-9(17-22(19)20)7-11(15)12(10)21-13(18)16-8-4-2-1-3-5-8/h1-7,22H,(H,16,18)(H,17,19,20). The minimum atomic E-state index is -2.85. The van der Waals surface area contributed by atoms with Gasteiger partial charge < -0.3 is 4.74 Å². The van der Waals surface area contributed by atoms with Gasteiger partial charge in [0.05, 0.1) is 15.7 Å². The average molecular weight is 361 g/mol. The summed E-state index contributed by atoms with van der Waals surface area (Å²) in [4.78, 5) is 11.8. The van der Waals surface area contributed by atoms with E-state index in [0.717, 1.165) is 0 Å². The predicted octanol–water partition coefficient (Wildman–Crippen LogP) is 3.54. The number of halogens is 2. The molecule has 0 radical (unpaired) electrons. The third-order valence-corrected chi connectivity index (χ3v) is 3.44. The van der Waals surface area contributed by atoms with Crippen LogP contribution in [0.5, 0.6) is 5.75 Å². The first-order chi connectivity index (χ1) is 10.5. The van der Waals surface area contributed by atoms with E-state index in [1.807, 2.05) is 0 Å². The van der Waals surface area contributed by atoms with Gasteiger partial charge >= 0.3 is 6.09 Å². The number of rotatable bonds is 4. The van der Waals surface area contributed by atoms with Crippen LogP contribution in [-0.4, -0.2) is 14.5 Å². The van der Waals surface area contributed by atoms with E-state index in [0.29, 0.717) is 5.69 Å². The van der Waals surface area contributed by atoms with E-state index >= 15 is 0 Å².